The van der Waals surface area contributed by atoms with Crippen LogP contribution in [0.1, 0.15) is 45.9 Å². The van der Waals surface area contributed by atoms with E-state index in [4.69, 9.17) is 4.98 Å². The van der Waals surface area contributed by atoms with Gasteiger partial charge in [-0.25, -0.2) is 9.37 Å². The van der Waals surface area contributed by atoms with Gasteiger partial charge in [0.15, 0.2) is 0 Å². The Kier molecular flexibility index (Phi) is 6.00. The quantitative estimate of drug-likeness (QED) is 0.578. The van der Waals surface area contributed by atoms with Gasteiger partial charge >= 0.3 is 0 Å². The first-order chi connectivity index (χ1) is 15.3. The summed E-state index contributed by atoms with van der Waals surface area (Å²) in [5.41, 5.74) is 2.22. The van der Waals surface area contributed by atoms with Crippen molar-refractivity contribution in [3.63, 3.8) is 0 Å². The number of para-hydroxylation sites is 2. The average molecular weight is 437 g/mol. The number of imidazole rings is 1. The number of hydrogen-bond donors (Lipinski definition) is 0. The van der Waals surface area contributed by atoms with Crippen LogP contribution in [0, 0.1) is 5.82 Å². The Morgan fingerprint density at radius 1 is 1.12 bits per heavy atom. The van der Waals surface area contributed by atoms with E-state index in [2.05, 4.69) is 0 Å². The summed E-state index contributed by atoms with van der Waals surface area (Å²) in [6.45, 7) is 8.61. The van der Waals surface area contributed by atoms with Gasteiger partial charge < -0.3 is 14.4 Å². The predicted molar refractivity (Wildman–Crippen MR) is 123 cm³/mol. The Bertz CT molecular complexity index is 1150. The Balaban J connectivity index is 1.69. The highest BCUT2D eigenvalue weighted by Gasteiger charge is 2.35. The summed E-state index contributed by atoms with van der Waals surface area (Å²) < 4.78 is 15.7. The molecule has 4 rings (SSSR count). The second kappa shape index (κ2) is 8.73. The summed E-state index contributed by atoms with van der Waals surface area (Å²) >= 11 is 0. The highest BCUT2D eigenvalue weighted by atomic mass is 19.1. The minimum atomic E-state index is -0.376. The monoisotopic (exact) mass is 436 g/mol. The van der Waals surface area contributed by atoms with E-state index in [1.54, 1.807) is 17.0 Å². The lowest BCUT2D eigenvalue weighted by atomic mass is 10.1. The van der Waals surface area contributed by atoms with Crippen LogP contribution < -0.4 is 4.90 Å². The molecule has 0 radical (unpaired) electrons. The van der Waals surface area contributed by atoms with Gasteiger partial charge in [0.2, 0.25) is 11.8 Å². The number of hydrogen-bond acceptors (Lipinski definition) is 3. The van der Waals surface area contributed by atoms with Gasteiger partial charge in [0, 0.05) is 36.7 Å². The lowest BCUT2D eigenvalue weighted by Crippen LogP contribution is -2.44. The summed E-state index contributed by atoms with van der Waals surface area (Å²) in [6.07, 6.45) is 0.270. The molecule has 2 amide bonds. The van der Waals surface area contributed by atoms with Gasteiger partial charge in [-0.1, -0.05) is 18.2 Å². The molecule has 1 unspecified atom stereocenters. The molecule has 0 spiro atoms. The molecule has 6 nitrogen and oxygen atoms in total. The minimum Gasteiger partial charge on any atom is -0.336 e. The highest BCUT2D eigenvalue weighted by Crippen LogP contribution is 2.33. The standard InChI is InChI=1S/C25H29FN4O2/c1-16(2)30(17(3)4)24(32)15-29-22-11-6-5-10-21(22)27-25(29)18-12-23(31)28(14-18)20-9-7-8-19(26)13-20/h5-11,13,16-18H,12,14-15H2,1-4H3. The molecule has 1 aliphatic rings. The van der Waals surface area contributed by atoms with Crippen molar-refractivity contribution < 1.29 is 14.0 Å². The molecule has 7 heteroatoms. The number of benzene rings is 2. The molecule has 3 aromatic rings. The van der Waals surface area contributed by atoms with Gasteiger partial charge in [0.1, 0.15) is 18.2 Å². The molecule has 2 heterocycles. The number of anilines is 1. The van der Waals surface area contributed by atoms with Gasteiger partial charge in [0.05, 0.1) is 11.0 Å². The van der Waals surface area contributed by atoms with Crippen molar-refractivity contribution in [1.29, 1.82) is 0 Å². The van der Waals surface area contributed by atoms with E-state index in [9.17, 15) is 14.0 Å². The zero-order valence-electron chi connectivity index (χ0n) is 19.0. The maximum absolute atomic E-state index is 13.7. The number of carbonyl (C=O) groups is 2. The van der Waals surface area contributed by atoms with Crippen LogP contribution >= 0.6 is 0 Å². The third kappa shape index (κ3) is 4.11. The first kappa shape index (κ1) is 22.0. The molecule has 0 bridgehead atoms. The van der Waals surface area contributed by atoms with Crippen molar-refractivity contribution in [2.45, 2.75) is 58.7 Å². The Morgan fingerprint density at radius 3 is 2.53 bits per heavy atom. The summed E-state index contributed by atoms with van der Waals surface area (Å²) in [6, 6.07) is 13.9. The SMILES string of the molecule is CC(C)N(C(=O)Cn1c(C2CC(=O)N(c3cccc(F)c3)C2)nc2ccccc21)C(C)C. The summed E-state index contributed by atoms with van der Waals surface area (Å²) in [7, 11) is 0. The number of rotatable bonds is 6. The van der Waals surface area contributed by atoms with Gasteiger partial charge in [-0.05, 0) is 58.0 Å². The van der Waals surface area contributed by atoms with Crippen LogP contribution in [0.25, 0.3) is 11.0 Å². The molecule has 1 atom stereocenters. The first-order valence-electron chi connectivity index (χ1n) is 11.1. The van der Waals surface area contributed by atoms with Crippen LogP contribution in [0.2, 0.25) is 0 Å². The molecule has 2 aromatic carbocycles. The van der Waals surface area contributed by atoms with Crippen LogP contribution in [0.3, 0.4) is 0 Å². The first-order valence-corrected chi connectivity index (χ1v) is 11.1. The fraction of sp³-hybridized carbons (Fsp3) is 0.400. The molecule has 0 N–H and O–H groups in total. The van der Waals surface area contributed by atoms with E-state index in [1.165, 1.54) is 12.1 Å². The van der Waals surface area contributed by atoms with E-state index in [0.717, 1.165) is 16.9 Å². The zero-order chi connectivity index (χ0) is 23.0. The van der Waals surface area contributed by atoms with Gasteiger partial charge in [-0.2, -0.15) is 0 Å². The Labute approximate surface area is 187 Å². The molecule has 0 saturated carbocycles. The number of amides is 2. The predicted octanol–water partition coefficient (Wildman–Crippen LogP) is 4.34. The van der Waals surface area contributed by atoms with Crippen LogP contribution in [0.15, 0.2) is 48.5 Å². The van der Waals surface area contributed by atoms with Crippen molar-refractivity contribution in [3.05, 3.63) is 60.2 Å². The molecule has 32 heavy (non-hydrogen) atoms. The van der Waals surface area contributed by atoms with Crippen molar-refractivity contribution >= 4 is 28.5 Å². The molecular formula is C25H29FN4O2. The Morgan fingerprint density at radius 2 is 1.84 bits per heavy atom. The van der Waals surface area contributed by atoms with Crippen molar-refractivity contribution in [2.75, 3.05) is 11.4 Å². The van der Waals surface area contributed by atoms with Crippen LogP contribution in [0.4, 0.5) is 10.1 Å². The largest absolute Gasteiger partial charge is 0.336 e. The highest BCUT2D eigenvalue weighted by molar-refractivity contribution is 5.96. The topological polar surface area (TPSA) is 58.4 Å². The molecule has 1 aliphatic heterocycles. The third-order valence-corrected chi connectivity index (χ3v) is 5.99. The number of fused-ring (bicyclic) bond motifs is 1. The number of halogens is 1. The van der Waals surface area contributed by atoms with E-state index in [1.807, 2.05) is 61.4 Å². The van der Waals surface area contributed by atoms with Crippen LogP contribution in [0.5, 0.6) is 0 Å². The molecule has 1 fully saturated rings. The lowest BCUT2D eigenvalue weighted by Gasteiger charge is -2.31. The average Bonchev–Trinajstić information content (AvgIpc) is 3.28. The normalized spacial score (nSPS) is 16.5. The fourth-order valence-corrected chi connectivity index (χ4v) is 4.74. The second-order valence-corrected chi connectivity index (χ2v) is 8.92. The van der Waals surface area contributed by atoms with Crippen LogP contribution in [-0.4, -0.2) is 44.9 Å². The number of nitrogens with zero attached hydrogens (tertiary/aromatic N) is 4. The maximum atomic E-state index is 13.7. The van der Waals surface area contributed by atoms with Crippen molar-refractivity contribution in [2.24, 2.45) is 0 Å². The second-order valence-electron chi connectivity index (χ2n) is 8.92. The van der Waals surface area contributed by atoms with Gasteiger partial charge in [-0.3, -0.25) is 9.59 Å². The summed E-state index contributed by atoms with van der Waals surface area (Å²) in [5, 5.41) is 0. The Hall–Kier alpha value is -3.22. The number of aromatic nitrogens is 2. The lowest BCUT2D eigenvalue weighted by molar-refractivity contribution is -0.135. The summed E-state index contributed by atoms with van der Waals surface area (Å²) in [5.74, 6) is 0.109. The molecule has 0 aliphatic carbocycles. The third-order valence-electron chi connectivity index (χ3n) is 5.99. The molecule has 1 saturated heterocycles. The smallest absolute Gasteiger partial charge is 0.243 e. The van der Waals surface area contributed by atoms with Crippen molar-refractivity contribution in [1.82, 2.24) is 14.5 Å². The molecular weight excluding hydrogens is 407 g/mol. The van der Waals surface area contributed by atoms with E-state index in [-0.39, 0.29) is 48.6 Å². The minimum absolute atomic E-state index is 0.0192. The number of carbonyl (C=O) groups excluding carboxylic acids is 2. The van der Waals surface area contributed by atoms with E-state index in [0.29, 0.717) is 12.2 Å². The maximum Gasteiger partial charge on any atom is 0.243 e. The van der Waals surface area contributed by atoms with E-state index >= 15 is 0 Å². The van der Waals surface area contributed by atoms with Crippen LogP contribution in [-0.2, 0) is 16.1 Å². The summed E-state index contributed by atoms with van der Waals surface area (Å²) in [4.78, 5) is 34.3. The van der Waals surface area contributed by atoms with Gasteiger partial charge in [-0.15, -0.1) is 0 Å². The van der Waals surface area contributed by atoms with Gasteiger partial charge in [0.25, 0.3) is 0 Å². The fourth-order valence-electron chi connectivity index (χ4n) is 4.74. The zero-order valence-corrected chi connectivity index (χ0v) is 19.0. The molecule has 1 aromatic heterocycles. The molecule has 168 valence electrons. The van der Waals surface area contributed by atoms with Crippen molar-refractivity contribution in [3.8, 4) is 0 Å². The van der Waals surface area contributed by atoms with E-state index < -0.39 is 0 Å².